The molecule has 1 amide bonds. The first-order valence-corrected chi connectivity index (χ1v) is 7.63. The Morgan fingerprint density at radius 2 is 2.19 bits per heavy atom. The zero-order valence-electron chi connectivity index (χ0n) is 13.8. The van der Waals surface area contributed by atoms with Gasteiger partial charge in [0.15, 0.2) is 6.61 Å². The number of aromatic nitrogens is 3. The molecule has 1 heterocycles. The Balaban J connectivity index is 1.84. The third-order valence-electron chi connectivity index (χ3n) is 3.50. The molecule has 3 aromatic rings. The van der Waals surface area contributed by atoms with E-state index in [1.54, 1.807) is 24.3 Å². The van der Waals surface area contributed by atoms with Crippen molar-refractivity contribution < 1.29 is 14.5 Å². The molecule has 0 saturated heterocycles. The smallest absolute Gasteiger partial charge is 0.295 e. The van der Waals surface area contributed by atoms with Gasteiger partial charge in [-0.15, -0.1) is 0 Å². The fourth-order valence-electron chi connectivity index (χ4n) is 2.32. The number of nitro benzene ring substituents is 1. The third kappa shape index (κ3) is 4.05. The number of benzene rings is 2. The predicted molar refractivity (Wildman–Crippen MR) is 93.5 cm³/mol. The molecule has 0 bridgehead atoms. The molecular formula is C17H12N6O4. The van der Waals surface area contributed by atoms with Crippen LogP contribution in [-0.4, -0.2) is 32.2 Å². The van der Waals surface area contributed by atoms with Crippen molar-refractivity contribution in [3.63, 3.8) is 0 Å². The summed E-state index contributed by atoms with van der Waals surface area (Å²) in [5, 5.41) is 26.4. The number of hydrogen-bond donors (Lipinski definition) is 1. The molecule has 0 saturated carbocycles. The Morgan fingerprint density at radius 3 is 2.89 bits per heavy atom. The van der Waals surface area contributed by atoms with Gasteiger partial charge in [-0.2, -0.15) is 10.4 Å². The normalized spacial score (nSPS) is 10.0. The molecule has 0 fully saturated rings. The van der Waals surface area contributed by atoms with Gasteiger partial charge < -0.3 is 10.1 Å². The second-order valence-corrected chi connectivity index (χ2v) is 5.23. The first-order chi connectivity index (χ1) is 13.1. The molecule has 3 rings (SSSR count). The van der Waals surface area contributed by atoms with E-state index in [0.717, 1.165) is 0 Å². The van der Waals surface area contributed by atoms with E-state index in [9.17, 15) is 14.9 Å². The molecule has 2 aromatic carbocycles. The number of carbonyl (C=O) groups excluding carboxylic acids is 1. The van der Waals surface area contributed by atoms with Gasteiger partial charge in [0.2, 0.25) is 0 Å². The number of nitrogens with zero attached hydrogens (tertiary/aromatic N) is 5. The van der Waals surface area contributed by atoms with Crippen molar-refractivity contribution in [3.05, 3.63) is 70.8 Å². The van der Waals surface area contributed by atoms with Crippen molar-refractivity contribution in [1.29, 1.82) is 5.26 Å². The van der Waals surface area contributed by atoms with Crippen LogP contribution in [0, 0.1) is 21.4 Å². The van der Waals surface area contributed by atoms with E-state index in [1.165, 1.54) is 35.5 Å². The average molecular weight is 364 g/mol. The van der Waals surface area contributed by atoms with E-state index in [2.05, 4.69) is 15.4 Å². The van der Waals surface area contributed by atoms with Crippen LogP contribution in [0.25, 0.3) is 5.69 Å². The highest BCUT2D eigenvalue weighted by Crippen LogP contribution is 2.24. The first-order valence-electron chi connectivity index (χ1n) is 7.63. The van der Waals surface area contributed by atoms with Gasteiger partial charge in [-0.1, -0.05) is 6.07 Å². The fourth-order valence-corrected chi connectivity index (χ4v) is 2.32. The minimum Gasteiger partial charge on any atom is -0.479 e. The van der Waals surface area contributed by atoms with Crippen molar-refractivity contribution in [2.45, 2.75) is 0 Å². The summed E-state index contributed by atoms with van der Waals surface area (Å²) in [4.78, 5) is 27.0. The number of anilines is 1. The Labute approximate surface area is 152 Å². The average Bonchev–Trinajstić information content (AvgIpc) is 3.20. The van der Waals surface area contributed by atoms with E-state index < -0.39 is 10.8 Å². The van der Waals surface area contributed by atoms with Crippen molar-refractivity contribution in [2.24, 2.45) is 0 Å². The molecule has 0 radical (unpaired) electrons. The number of nitro groups is 1. The zero-order valence-corrected chi connectivity index (χ0v) is 13.8. The van der Waals surface area contributed by atoms with E-state index in [4.69, 9.17) is 10.00 Å². The van der Waals surface area contributed by atoms with Crippen LogP contribution in [-0.2, 0) is 0 Å². The summed E-state index contributed by atoms with van der Waals surface area (Å²) in [6, 6.07) is 12.4. The molecule has 0 aliphatic heterocycles. The second-order valence-electron chi connectivity index (χ2n) is 5.23. The number of hydrogen-bond acceptors (Lipinski definition) is 7. The van der Waals surface area contributed by atoms with Gasteiger partial charge in [-0.3, -0.25) is 14.9 Å². The number of nitriles is 1. The van der Waals surface area contributed by atoms with Crippen LogP contribution in [0.1, 0.15) is 10.4 Å². The van der Waals surface area contributed by atoms with Crippen molar-refractivity contribution in [2.75, 3.05) is 11.9 Å². The quantitative estimate of drug-likeness (QED) is 0.523. The summed E-state index contributed by atoms with van der Waals surface area (Å²) in [6.07, 6.45) is 2.58. The van der Waals surface area contributed by atoms with Crippen LogP contribution in [0.5, 0.6) is 5.75 Å². The summed E-state index contributed by atoms with van der Waals surface area (Å²) >= 11 is 0. The Bertz CT molecular complexity index is 1030. The molecule has 0 aliphatic carbocycles. The number of rotatable bonds is 6. The molecule has 1 N–H and O–H groups in total. The van der Waals surface area contributed by atoms with Crippen LogP contribution >= 0.6 is 0 Å². The van der Waals surface area contributed by atoms with E-state index in [1.807, 2.05) is 6.07 Å². The van der Waals surface area contributed by atoms with E-state index >= 15 is 0 Å². The lowest BCUT2D eigenvalue weighted by molar-refractivity contribution is -0.384. The van der Waals surface area contributed by atoms with Crippen LogP contribution in [0.3, 0.4) is 0 Å². The Morgan fingerprint density at radius 1 is 1.33 bits per heavy atom. The molecule has 1 aromatic heterocycles. The van der Waals surface area contributed by atoms with Crippen LogP contribution in [0.4, 0.5) is 11.4 Å². The lowest BCUT2D eigenvalue weighted by Crippen LogP contribution is -2.13. The highest BCUT2D eigenvalue weighted by Gasteiger charge is 2.19. The molecule has 0 spiro atoms. The monoisotopic (exact) mass is 364 g/mol. The van der Waals surface area contributed by atoms with Gasteiger partial charge in [-0.25, -0.2) is 9.67 Å². The summed E-state index contributed by atoms with van der Waals surface area (Å²) in [6.45, 7) is -0.118. The summed E-state index contributed by atoms with van der Waals surface area (Å²) in [7, 11) is 0. The Hall–Kier alpha value is -4.26. The fraction of sp³-hybridized carbons (Fsp3) is 0.0588. The SMILES string of the molecule is N#CCOc1cccc(NC(=O)c2ccc(-n3cncn3)c([N+](=O)[O-])c2)c1. The van der Waals surface area contributed by atoms with Crippen LogP contribution in [0.15, 0.2) is 55.1 Å². The molecule has 0 unspecified atom stereocenters. The minimum absolute atomic E-state index is 0.105. The van der Waals surface area contributed by atoms with E-state index in [-0.39, 0.29) is 23.5 Å². The number of carbonyl (C=O) groups is 1. The molecule has 27 heavy (non-hydrogen) atoms. The predicted octanol–water partition coefficient (Wildman–Crippen LogP) is 2.33. The molecular weight excluding hydrogens is 352 g/mol. The van der Waals surface area contributed by atoms with Gasteiger partial charge in [0.1, 0.15) is 30.2 Å². The van der Waals surface area contributed by atoms with Gasteiger partial charge >= 0.3 is 0 Å². The van der Waals surface area contributed by atoms with Crippen molar-refractivity contribution in [1.82, 2.24) is 14.8 Å². The van der Waals surface area contributed by atoms with Crippen LogP contribution in [0.2, 0.25) is 0 Å². The lowest BCUT2D eigenvalue weighted by Gasteiger charge is -2.09. The van der Waals surface area contributed by atoms with Gasteiger partial charge in [0.05, 0.1) is 4.92 Å². The summed E-state index contributed by atoms with van der Waals surface area (Å²) in [5.74, 6) is -0.109. The molecule has 0 aliphatic rings. The topological polar surface area (TPSA) is 136 Å². The highest BCUT2D eigenvalue weighted by atomic mass is 16.6. The van der Waals surface area contributed by atoms with Crippen molar-refractivity contribution >= 4 is 17.3 Å². The molecule has 10 nitrogen and oxygen atoms in total. The second kappa shape index (κ2) is 7.75. The highest BCUT2D eigenvalue weighted by molar-refractivity contribution is 6.05. The summed E-state index contributed by atoms with van der Waals surface area (Å²) < 4.78 is 6.42. The molecule has 0 atom stereocenters. The first kappa shape index (κ1) is 17.6. The third-order valence-corrected chi connectivity index (χ3v) is 3.50. The van der Waals surface area contributed by atoms with Crippen LogP contribution < -0.4 is 10.1 Å². The lowest BCUT2D eigenvalue weighted by atomic mass is 10.1. The largest absolute Gasteiger partial charge is 0.479 e. The minimum atomic E-state index is -0.593. The summed E-state index contributed by atoms with van der Waals surface area (Å²) in [5.41, 5.74) is 0.451. The maximum atomic E-state index is 12.5. The van der Waals surface area contributed by atoms with Gasteiger partial charge in [0, 0.05) is 23.4 Å². The van der Waals surface area contributed by atoms with Gasteiger partial charge in [0.25, 0.3) is 11.6 Å². The number of nitrogens with one attached hydrogen (secondary N) is 1. The molecule has 134 valence electrons. The zero-order chi connectivity index (χ0) is 19.2. The van der Waals surface area contributed by atoms with E-state index in [0.29, 0.717) is 11.4 Å². The maximum absolute atomic E-state index is 12.5. The standard InChI is InChI=1S/C17H12N6O4/c18-6-7-27-14-3-1-2-13(9-14)21-17(24)12-4-5-15(16(8-12)23(25)26)22-11-19-10-20-22/h1-5,8-11H,7H2,(H,21,24). The Kier molecular flexibility index (Phi) is 5.04. The number of amides is 1. The molecule has 10 heteroatoms. The van der Waals surface area contributed by atoms with Gasteiger partial charge in [-0.05, 0) is 24.3 Å². The van der Waals surface area contributed by atoms with Crippen molar-refractivity contribution in [3.8, 4) is 17.5 Å². The maximum Gasteiger partial charge on any atom is 0.295 e. The number of ether oxygens (including phenoxy) is 1.